The van der Waals surface area contributed by atoms with E-state index in [-0.39, 0.29) is 18.2 Å². The Bertz CT molecular complexity index is 741. The number of nitro groups is 1. The lowest BCUT2D eigenvalue weighted by Gasteiger charge is -2.19. The maximum atomic E-state index is 12.2. The van der Waals surface area contributed by atoms with Gasteiger partial charge in [0.1, 0.15) is 5.75 Å². The summed E-state index contributed by atoms with van der Waals surface area (Å²) in [6, 6.07) is 11.8. The van der Waals surface area contributed by atoms with E-state index in [1.54, 1.807) is 11.9 Å². The van der Waals surface area contributed by atoms with E-state index in [0.717, 1.165) is 11.1 Å². The molecule has 24 heavy (non-hydrogen) atoms. The number of nitrogens with zero attached hydrogens (tertiary/aromatic N) is 2. The van der Waals surface area contributed by atoms with Crippen molar-refractivity contribution in [3.63, 3.8) is 0 Å². The molecule has 1 amide bonds. The smallest absolute Gasteiger partial charge is 0.269 e. The van der Waals surface area contributed by atoms with Crippen molar-refractivity contribution in [2.24, 2.45) is 0 Å². The van der Waals surface area contributed by atoms with Gasteiger partial charge in [-0.1, -0.05) is 23.8 Å². The molecule has 0 bridgehead atoms. The Hall–Kier alpha value is -2.89. The minimum absolute atomic E-state index is 0.0133. The number of nitro benzene ring substituents is 1. The van der Waals surface area contributed by atoms with Gasteiger partial charge < -0.3 is 9.64 Å². The van der Waals surface area contributed by atoms with Crippen LogP contribution in [-0.2, 0) is 11.3 Å². The number of hydrogen-bond acceptors (Lipinski definition) is 4. The van der Waals surface area contributed by atoms with Gasteiger partial charge in [-0.05, 0) is 37.1 Å². The van der Waals surface area contributed by atoms with Crippen molar-refractivity contribution in [2.75, 3.05) is 13.7 Å². The zero-order chi connectivity index (χ0) is 17.7. The van der Waals surface area contributed by atoms with Gasteiger partial charge in [-0.2, -0.15) is 0 Å². The van der Waals surface area contributed by atoms with Crippen LogP contribution in [0.25, 0.3) is 0 Å². The molecule has 0 aliphatic heterocycles. The average Bonchev–Trinajstić information content (AvgIpc) is 2.55. The Labute approximate surface area is 140 Å². The third-order valence-corrected chi connectivity index (χ3v) is 3.74. The molecule has 0 aliphatic carbocycles. The normalized spacial score (nSPS) is 10.3. The van der Waals surface area contributed by atoms with Gasteiger partial charge in [0.25, 0.3) is 11.6 Å². The minimum Gasteiger partial charge on any atom is -0.484 e. The average molecular weight is 328 g/mol. The molecule has 0 heterocycles. The number of aryl methyl sites for hydroxylation is 2. The quantitative estimate of drug-likeness (QED) is 0.603. The highest BCUT2D eigenvalue weighted by atomic mass is 16.6. The number of carbonyl (C=O) groups excluding carboxylic acids is 1. The number of likely N-dealkylation sites (N-methyl/N-ethyl adjacent to an activating group) is 1. The highest BCUT2D eigenvalue weighted by Gasteiger charge is 2.12. The van der Waals surface area contributed by atoms with Gasteiger partial charge >= 0.3 is 0 Å². The van der Waals surface area contributed by atoms with E-state index in [2.05, 4.69) is 6.07 Å². The van der Waals surface area contributed by atoms with Crippen molar-refractivity contribution in [2.45, 2.75) is 20.4 Å². The summed E-state index contributed by atoms with van der Waals surface area (Å²) in [6.07, 6.45) is 0. The second-order valence-electron chi connectivity index (χ2n) is 5.72. The van der Waals surface area contributed by atoms with Crippen molar-refractivity contribution in [1.82, 2.24) is 4.90 Å². The van der Waals surface area contributed by atoms with Crippen LogP contribution in [0.15, 0.2) is 42.5 Å². The Morgan fingerprint density at radius 1 is 1.17 bits per heavy atom. The Kier molecular flexibility index (Phi) is 5.52. The van der Waals surface area contributed by atoms with Crippen molar-refractivity contribution in [1.29, 1.82) is 0 Å². The first-order valence-electron chi connectivity index (χ1n) is 7.54. The van der Waals surface area contributed by atoms with Crippen LogP contribution in [0, 0.1) is 24.0 Å². The first kappa shape index (κ1) is 17.5. The van der Waals surface area contributed by atoms with Crippen LogP contribution in [0.2, 0.25) is 0 Å². The molecule has 2 aromatic rings. The van der Waals surface area contributed by atoms with Gasteiger partial charge in [0.05, 0.1) is 4.92 Å². The number of carbonyl (C=O) groups is 1. The molecule has 0 aliphatic rings. The lowest BCUT2D eigenvalue weighted by molar-refractivity contribution is -0.384. The third kappa shape index (κ3) is 4.55. The molecule has 0 spiro atoms. The predicted molar refractivity (Wildman–Crippen MR) is 91.0 cm³/mol. The van der Waals surface area contributed by atoms with Gasteiger partial charge in [0.2, 0.25) is 0 Å². The lowest BCUT2D eigenvalue weighted by Crippen LogP contribution is -2.31. The fraction of sp³-hybridized carbons (Fsp3) is 0.278. The largest absolute Gasteiger partial charge is 0.484 e. The molecule has 0 fully saturated rings. The topological polar surface area (TPSA) is 72.7 Å². The second kappa shape index (κ2) is 7.59. The minimum atomic E-state index is -0.480. The van der Waals surface area contributed by atoms with E-state index in [9.17, 15) is 14.9 Å². The predicted octanol–water partition coefficient (Wildman–Crippen LogP) is 3.25. The van der Waals surface area contributed by atoms with Crippen LogP contribution >= 0.6 is 0 Å². The van der Waals surface area contributed by atoms with E-state index >= 15 is 0 Å². The van der Waals surface area contributed by atoms with E-state index < -0.39 is 4.92 Å². The Morgan fingerprint density at radius 3 is 2.42 bits per heavy atom. The molecular formula is C18H20N2O4. The number of hydrogen-bond donors (Lipinski definition) is 0. The third-order valence-electron chi connectivity index (χ3n) is 3.74. The molecule has 0 saturated heterocycles. The number of amides is 1. The summed E-state index contributed by atoms with van der Waals surface area (Å²) in [5.41, 5.74) is 3.41. The fourth-order valence-electron chi connectivity index (χ4n) is 2.29. The van der Waals surface area contributed by atoms with Crippen LogP contribution in [0.5, 0.6) is 5.75 Å². The standard InChI is InChI=1S/C18H20N2O4/c1-13-4-5-15(14(2)10-13)11-19(3)18(21)12-24-17-8-6-16(7-9-17)20(22)23/h4-10H,11-12H2,1-3H3. The first-order chi connectivity index (χ1) is 11.4. The summed E-state index contributed by atoms with van der Waals surface area (Å²) >= 11 is 0. The Morgan fingerprint density at radius 2 is 1.83 bits per heavy atom. The van der Waals surface area contributed by atoms with Gasteiger partial charge in [-0.3, -0.25) is 14.9 Å². The van der Waals surface area contributed by atoms with Crippen LogP contribution < -0.4 is 4.74 Å². The van der Waals surface area contributed by atoms with E-state index in [4.69, 9.17) is 4.74 Å². The molecule has 0 saturated carbocycles. The van der Waals surface area contributed by atoms with E-state index in [1.165, 1.54) is 29.8 Å². The molecule has 0 unspecified atom stereocenters. The van der Waals surface area contributed by atoms with Crippen LogP contribution in [0.4, 0.5) is 5.69 Å². The highest BCUT2D eigenvalue weighted by Crippen LogP contribution is 2.17. The zero-order valence-corrected chi connectivity index (χ0v) is 14.0. The summed E-state index contributed by atoms with van der Waals surface area (Å²) < 4.78 is 5.40. The molecule has 6 heteroatoms. The van der Waals surface area contributed by atoms with Crippen LogP contribution in [-0.4, -0.2) is 29.4 Å². The summed E-state index contributed by atoms with van der Waals surface area (Å²) in [5, 5.41) is 10.6. The molecule has 0 aromatic heterocycles. The summed E-state index contributed by atoms with van der Waals surface area (Å²) in [4.78, 5) is 23.9. The van der Waals surface area contributed by atoms with Crippen LogP contribution in [0.1, 0.15) is 16.7 Å². The molecule has 0 atom stereocenters. The maximum Gasteiger partial charge on any atom is 0.269 e. The molecule has 0 radical (unpaired) electrons. The summed E-state index contributed by atoms with van der Waals surface area (Å²) in [6.45, 7) is 4.45. The van der Waals surface area contributed by atoms with E-state index in [0.29, 0.717) is 12.3 Å². The van der Waals surface area contributed by atoms with Crippen molar-refractivity contribution >= 4 is 11.6 Å². The fourth-order valence-corrected chi connectivity index (χ4v) is 2.29. The van der Waals surface area contributed by atoms with Crippen molar-refractivity contribution < 1.29 is 14.5 Å². The van der Waals surface area contributed by atoms with Crippen molar-refractivity contribution in [3.05, 3.63) is 69.3 Å². The molecule has 126 valence electrons. The van der Waals surface area contributed by atoms with Gasteiger partial charge in [0, 0.05) is 25.7 Å². The van der Waals surface area contributed by atoms with Crippen LogP contribution in [0.3, 0.4) is 0 Å². The summed E-state index contributed by atoms with van der Waals surface area (Å²) in [5.74, 6) is 0.266. The number of rotatable bonds is 6. The maximum absolute atomic E-state index is 12.2. The van der Waals surface area contributed by atoms with Crippen molar-refractivity contribution in [3.8, 4) is 5.75 Å². The molecule has 6 nitrogen and oxygen atoms in total. The monoisotopic (exact) mass is 328 g/mol. The molecule has 2 rings (SSSR count). The van der Waals surface area contributed by atoms with Gasteiger partial charge in [0.15, 0.2) is 6.61 Å². The number of benzene rings is 2. The molecule has 0 N–H and O–H groups in total. The molecular weight excluding hydrogens is 308 g/mol. The SMILES string of the molecule is Cc1ccc(CN(C)C(=O)COc2ccc([N+](=O)[O-])cc2)c(C)c1. The van der Waals surface area contributed by atoms with E-state index in [1.807, 2.05) is 26.0 Å². The van der Waals surface area contributed by atoms with Gasteiger partial charge in [-0.25, -0.2) is 0 Å². The highest BCUT2D eigenvalue weighted by molar-refractivity contribution is 5.77. The first-order valence-corrected chi connectivity index (χ1v) is 7.54. The Balaban J connectivity index is 1.90. The number of non-ortho nitro benzene ring substituents is 1. The zero-order valence-electron chi connectivity index (χ0n) is 14.0. The number of ether oxygens (including phenoxy) is 1. The van der Waals surface area contributed by atoms with Gasteiger partial charge in [-0.15, -0.1) is 0 Å². The lowest BCUT2D eigenvalue weighted by atomic mass is 10.1. The summed E-state index contributed by atoms with van der Waals surface area (Å²) in [7, 11) is 1.72. The molecule has 2 aromatic carbocycles. The second-order valence-corrected chi connectivity index (χ2v) is 5.72.